The van der Waals surface area contributed by atoms with Crippen molar-refractivity contribution >= 4 is 11.6 Å². The fourth-order valence-electron chi connectivity index (χ4n) is 1.64. The molecule has 3 N–H and O–H groups in total. The van der Waals surface area contributed by atoms with Gasteiger partial charge in [0.1, 0.15) is 0 Å². The van der Waals surface area contributed by atoms with E-state index in [4.69, 9.17) is 10.5 Å². The lowest BCUT2D eigenvalue weighted by Gasteiger charge is -2.06. The molecule has 4 nitrogen and oxygen atoms in total. The zero-order valence-corrected chi connectivity index (χ0v) is 11.7. The number of amides is 1. The fraction of sp³-hybridized carbons (Fsp3) is 0.533. The number of rotatable bonds is 9. The summed E-state index contributed by atoms with van der Waals surface area (Å²) in [7, 11) is 0. The topological polar surface area (TPSA) is 64.3 Å². The largest absolute Gasteiger partial charge is 0.399 e. The summed E-state index contributed by atoms with van der Waals surface area (Å²) in [5.41, 5.74) is 7.48. The molecule has 0 saturated heterocycles. The van der Waals surface area contributed by atoms with Crippen molar-refractivity contribution in [1.82, 2.24) is 5.32 Å². The van der Waals surface area contributed by atoms with Crippen LogP contribution in [-0.2, 0) is 16.0 Å². The van der Waals surface area contributed by atoms with E-state index in [0.717, 1.165) is 37.1 Å². The van der Waals surface area contributed by atoms with Crippen molar-refractivity contribution in [2.45, 2.75) is 32.6 Å². The highest BCUT2D eigenvalue weighted by Gasteiger charge is 2.01. The highest BCUT2D eigenvalue weighted by molar-refractivity contribution is 5.76. The van der Waals surface area contributed by atoms with Crippen molar-refractivity contribution in [2.24, 2.45) is 0 Å². The van der Waals surface area contributed by atoms with E-state index in [-0.39, 0.29) is 5.91 Å². The summed E-state index contributed by atoms with van der Waals surface area (Å²) >= 11 is 0. The van der Waals surface area contributed by atoms with E-state index in [1.54, 1.807) is 0 Å². The van der Waals surface area contributed by atoms with Crippen molar-refractivity contribution in [3.8, 4) is 0 Å². The number of aryl methyl sites for hydroxylation is 1. The van der Waals surface area contributed by atoms with Crippen LogP contribution in [0.3, 0.4) is 0 Å². The minimum absolute atomic E-state index is 0.0657. The number of hydrogen-bond donors (Lipinski definition) is 2. The quantitative estimate of drug-likeness (QED) is 0.530. The van der Waals surface area contributed by atoms with E-state index < -0.39 is 0 Å². The first-order valence-electron chi connectivity index (χ1n) is 6.91. The molecule has 1 aromatic carbocycles. The number of benzene rings is 1. The number of nitrogen functional groups attached to an aromatic ring is 1. The molecule has 0 aliphatic carbocycles. The lowest BCUT2D eigenvalue weighted by molar-refractivity contribution is -0.121. The monoisotopic (exact) mass is 264 g/mol. The maximum Gasteiger partial charge on any atom is 0.220 e. The Kier molecular flexibility index (Phi) is 7.66. The summed E-state index contributed by atoms with van der Waals surface area (Å²) < 4.78 is 5.37. The molecule has 1 rings (SSSR count). The van der Waals surface area contributed by atoms with E-state index in [1.165, 1.54) is 0 Å². The predicted molar refractivity (Wildman–Crippen MR) is 77.9 cm³/mol. The van der Waals surface area contributed by atoms with E-state index in [9.17, 15) is 4.79 Å². The maximum atomic E-state index is 11.6. The van der Waals surface area contributed by atoms with Crippen LogP contribution in [0.25, 0.3) is 0 Å². The van der Waals surface area contributed by atoms with Gasteiger partial charge in [0.15, 0.2) is 0 Å². The lowest BCUT2D eigenvalue weighted by Crippen LogP contribution is -2.27. The van der Waals surface area contributed by atoms with Crippen LogP contribution in [0.15, 0.2) is 24.3 Å². The van der Waals surface area contributed by atoms with Gasteiger partial charge in [-0.15, -0.1) is 0 Å². The van der Waals surface area contributed by atoms with Crippen LogP contribution >= 0.6 is 0 Å². The van der Waals surface area contributed by atoms with Gasteiger partial charge in [0.05, 0.1) is 6.61 Å². The maximum absolute atomic E-state index is 11.6. The van der Waals surface area contributed by atoms with Crippen molar-refractivity contribution < 1.29 is 9.53 Å². The molecule has 0 unspecified atom stereocenters. The van der Waals surface area contributed by atoms with E-state index in [1.807, 2.05) is 24.3 Å². The first-order valence-corrected chi connectivity index (χ1v) is 6.91. The molecule has 106 valence electrons. The third kappa shape index (κ3) is 7.47. The van der Waals surface area contributed by atoms with Gasteiger partial charge in [0.2, 0.25) is 5.91 Å². The molecular formula is C15H24N2O2. The lowest BCUT2D eigenvalue weighted by atomic mass is 10.1. The molecule has 0 spiro atoms. The molecular weight excluding hydrogens is 240 g/mol. The summed E-state index contributed by atoms with van der Waals surface area (Å²) in [4.78, 5) is 11.6. The Morgan fingerprint density at radius 1 is 1.26 bits per heavy atom. The Labute approximate surface area is 115 Å². The van der Waals surface area contributed by atoms with Gasteiger partial charge < -0.3 is 15.8 Å². The number of unbranched alkanes of at least 4 members (excludes halogenated alkanes) is 1. The normalized spacial score (nSPS) is 10.4. The summed E-state index contributed by atoms with van der Waals surface area (Å²) in [5.74, 6) is 0.0657. The third-order valence-corrected chi connectivity index (χ3v) is 2.83. The summed E-state index contributed by atoms with van der Waals surface area (Å²) in [5, 5.41) is 2.85. The first kappa shape index (κ1) is 15.5. The van der Waals surface area contributed by atoms with Crippen LogP contribution in [0.4, 0.5) is 5.69 Å². The SMILES string of the molecule is CCCCOCCNC(=O)CCc1ccc(N)cc1. The highest BCUT2D eigenvalue weighted by Crippen LogP contribution is 2.07. The van der Waals surface area contributed by atoms with E-state index in [0.29, 0.717) is 19.6 Å². The van der Waals surface area contributed by atoms with Crippen molar-refractivity contribution in [3.63, 3.8) is 0 Å². The zero-order chi connectivity index (χ0) is 13.9. The summed E-state index contributed by atoms with van der Waals surface area (Å²) in [6.07, 6.45) is 3.45. The number of anilines is 1. The number of nitrogens with one attached hydrogen (secondary N) is 1. The van der Waals surface area contributed by atoms with E-state index in [2.05, 4.69) is 12.2 Å². The molecule has 0 radical (unpaired) electrons. The number of nitrogens with two attached hydrogens (primary N) is 1. The second kappa shape index (κ2) is 9.39. The van der Waals surface area contributed by atoms with Gasteiger partial charge in [0.25, 0.3) is 0 Å². The van der Waals surface area contributed by atoms with Crippen LogP contribution in [-0.4, -0.2) is 25.7 Å². The predicted octanol–water partition coefficient (Wildman–Crippen LogP) is 2.13. The zero-order valence-electron chi connectivity index (χ0n) is 11.7. The van der Waals surface area contributed by atoms with Gasteiger partial charge in [-0.2, -0.15) is 0 Å². The third-order valence-electron chi connectivity index (χ3n) is 2.83. The molecule has 0 aromatic heterocycles. The minimum Gasteiger partial charge on any atom is -0.399 e. The Bertz CT molecular complexity index is 363. The van der Waals surface area contributed by atoms with E-state index >= 15 is 0 Å². The van der Waals surface area contributed by atoms with Crippen molar-refractivity contribution in [2.75, 3.05) is 25.5 Å². The highest BCUT2D eigenvalue weighted by atomic mass is 16.5. The van der Waals surface area contributed by atoms with Crippen LogP contribution in [0.5, 0.6) is 0 Å². The Hall–Kier alpha value is -1.55. The molecule has 0 saturated carbocycles. The fourth-order valence-corrected chi connectivity index (χ4v) is 1.64. The molecule has 19 heavy (non-hydrogen) atoms. The molecule has 0 heterocycles. The van der Waals surface area contributed by atoms with Gasteiger partial charge in [-0.3, -0.25) is 4.79 Å². The molecule has 1 aromatic rings. The summed E-state index contributed by atoms with van der Waals surface area (Å²) in [6, 6.07) is 7.62. The Morgan fingerprint density at radius 3 is 2.68 bits per heavy atom. The molecule has 4 heteroatoms. The average molecular weight is 264 g/mol. The second-order valence-corrected chi connectivity index (χ2v) is 4.56. The molecule has 0 fully saturated rings. The smallest absolute Gasteiger partial charge is 0.220 e. The number of ether oxygens (including phenoxy) is 1. The Balaban J connectivity index is 2.06. The van der Waals surface area contributed by atoms with Crippen molar-refractivity contribution in [3.05, 3.63) is 29.8 Å². The second-order valence-electron chi connectivity index (χ2n) is 4.56. The van der Waals surface area contributed by atoms with Gasteiger partial charge in [-0.1, -0.05) is 25.5 Å². The van der Waals surface area contributed by atoms with Gasteiger partial charge >= 0.3 is 0 Å². The number of carbonyl (C=O) groups is 1. The first-order chi connectivity index (χ1) is 9.22. The van der Waals surface area contributed by atoms with Gasteiger partial charge in [0, 0.05) is 25.3 Å². The minimum atomic E-state index is 0.0657. The molecule has 1 amide bonds. The molecule has 0 atom stereocenters. The van der Waals surface area contributed by atoms with Crippen LogP contribution < -0.4 is 11.1 Å². The van der Waals surface area contributed by atoms with Crippen LogP contribution in [0, 0.1) is 0 Å². The molecule has 0 aliphatic rings. The average Bonchev–Trinajstić information content (AvgIpc) is 2.42. The number of hydrogen-bond acceptors (Lipinski definition) is 3. The molecule has 0 bridgehead atoms. The standard InChI is InChI=1S/C15H24N2O2/c1-2-3-11-19-12-10-17-15(18)9-6-13-4-7-14(16)8-5-13/h4-5,7-8H,2-3,6,9-12,16H2,1H3,(H,17,18). The van der Waals surface area contributed by atoms with Crippen LogP contribution in [0.1, 0.15) is 31.7 Å². The molecule has 0 aliphatic heterocycles. The van der Waals surface area contributed by atoms with Crippen LogP contribution in [0.2, 0.25) is 0 Å². The summed E-state index contributed by atoms with van der Waals surface area (Å²) in [6.45, 7) is 4.08. The van der Waals surface area contributed by atoms with Gasteiger partial charge in [-0.25, -0.2) is 0 Å². The number of carbonyl (C=O) groups excluding carboxylic acids is 1. The van der Waals surface area contributed by atoms with Gasteiger partial charge in [-0.05, 0) is 30.5 Å². The van der Waals surface area contributed by atoms with Crippen molar-refractivity contribution in [1.29, 1.82) is 0 Å². The Morgan fingerprint density at radius 2 is 2.00 bits per heavy atom.